The second-order valence-electron chi connectivity index (χ2n) is 10.4. The molecular formula is C34H32N4O3. The topological polar surface area (TPSA) is 66.8 Å². The molecule has 6 rings (SSSR count). The minimum Gasteiger partial charge on any atom is -0.497 e. The normalized spacial score (nSPS) is 14.0. The zero-order chi connectivity index (χ0) is 28.5. The number of hydrogen-bond donors (Lipinski definition) is 1. The van der Waals surface area contributed by atoms with Gasteiger partial charge >= 0.3 is 6.03 Å². The fraction of sp³-hybridized carbons (Fsp3) is 0.176. The van der Waals surface area contributed by atoms with Crippen LogP contribution < -0.4 is 15.0 Å². The van der Waals surface area contributed by atoms with E-state index in [0.29, 0.717) is 5.69 Å². The van der Waals surface area contributed by atoms with Crippen molar-refractivity contribution in [2.45, 2.75) is 25.9 Å². The van der Waals surface area contributed by atoms with Crippen molar-refractivity contribution >= 4 is 34.1 Å². The van der Waals surface area contributed by atoms with Crippen molar-refractivity contribution in [1.29, 1.82) is 0 Å². The van der Waals surface area contributed by atoms with Crippen LogP contribution in [0.25, 0.3) is 16.5 Å². The highest BCUT2D eigenvalue weighted by molar-refractivity contribution is 6.04. The molecule has 41 heavy (non-hydrogen) atoms. The summed E-state index contributed by atoms with van der Waals surface area (Å²) in [6.07, 6.45) is 2.02. The van der Waals surface area contributed by atoms with Crippen LogP contribution in [-0.4, -0.2) is 41.1 Å². The molecule has 5 aromatic rings. The van der Waals surface area contributed by atoms with E-state index in [-0.39, 0.29) is 30.6 Å². The third-order valence-electron chi connectivity index (χ3n) is 7.64. The maximum absolute atomic E-state index is 14.4. The summed E-state index contributed by atoms with van der Waals surface area (Å²) in [5, 5.41) is 5.04. The van der Waals surface area contributed by atoms with Gasteiger partial charge in [-0.1, -0.05) is 60.7 Å². The van der Waals surface area contributed by atoms with Crippen LogP contribution in [0.2, 0.25) is 0 Å². The van der Waals surface area contributed by atoms with Crippen molar-refractivity contribution in [1.82, 2.24) is 9.47 Å². The second kappa shape index (κ2) is 10.8. The molecule has 1 aliphatic rings. The van der Waals surface area contributed by atoms with E-state index < -0.39 is 0 Å². The predicted octanol–water partition coefficient (Wildman–Crippen LogP) is 7.02. The van der Waals surface area contributed by atoms with Gasteiger partial charge in [-0.2, -0.15) is 0 Å². The number of para-hydroxylation sites is 2. The van der Waals surface area contributed by atoms with Gasteiger partial charge in [0, 0.05) is 17.6 Å². The fourth-order valence-corrected chi connectivity index (χ4v) is 5.60. The molecule has 0 saturated heterocycles. The first-order valence-electron chi connectivity index (χ1n) is 13.7. The maximum atomic E-state index is 14.4. The Balaban J connectivity index is 1.36. The molecule has 0 bridgehead atoms. The summed E-state index contributed by atoms with van der Waals surface area (Å²) >= 11 is 0. The van der Waals surface area contributed by atoms with Gasteiger partial charge in [0.2, 0.25) is 5.91 Å². The number of carbonyl (C=O) groups excluding carboxylic acids is 2. The van der Waals surface area contributed by atoms with Gasteiger partial charge in [0.25, 0.3) is 0 Å². The van der Waals surface area contributed by atoms with Gasteiger partial charge in [0.1, 0.15) is 18.3 Å². The van der Waals surface area contributed by atoms with Crippen LogP contribution in [0.3, 0.4) is 0 Å². The zero-order valence-electron chi connectivity index (χ0n) is 23.3. The number of carbonyl (C=O) groups is 2. The number of urea groups is 1. The van der Waals surface area contributed by atoms with Crippen molar-refractivity contribution in [3.8, 4) is 11.4 Å². The molecule has 1 aromatic heterocycles. The molecule has 0 aliphatic carbocycles. The summed E-state index contributed by atoms with van der Waals surface area (Å²) in [5.74, 6) is 0.571. The van der Waals surface area contributed by atoms with Crippen LogP contribution in [0.1, 0.15) is 31.1 Å². The van der Waals surface area contributed by atoms with E-state index in [1.165, 1.54) is 0 Å². The van der Waals surface area contributed by atoms with Crippen molar-refractivity contribution < 1.29 is 14.3 Å². The van der Waals surface area contributed by atoms with Crippen molar-refractivity contribution in [3.05, 3.63) is 121 Å². The molecule has 1 unspecified atom stereocenters. The minimum absolute atomic E-state index is 0.0873. The number of fused-ring (bicyclic) bond motifs is 4. The number of ether oxygens (including phenoxy) is 1. The Hall–Kier alpha value is -5.04. The number of nitrogens with one attached hydrogen (secondary N) is 1. The lowest BCUT2D eigenvalue weighted by Crippen LogP contribution is -2.49. The Morgan fingerprint density at radius 1 is 0.854 bits per heavy atom. The van der Waals surface area contributed by atoms with E-state index >= 15 is 0 Å². The first-order valence-corrected chi connectivity index (χ1v) is 13.7. The number of anilines is 2. The molecule has 4 aromatic carbocycles. The van der Waals surface area contributed by atoms with Crippen LogP contribution in [0.4, 0.5) is 16.2 Å². The number of benzene rings is 4. The SMILES string of the molecule is COc1ccc(C2c3cccn3-c3ccccc3N2C(=O)CN(C(=O)Nc2cccc3ccccc23)C(C)C)cc1. The first-order chi connectivity index (χ1) is 20.0. The fourth-order valence-electron chi connectivity index (χ4n) is 5.60. The molecule has 2 heterocycles. The highest BCUT2D eigenvalue weighted by atomic mass is 16.5. The van der Waals surface area contributed by atoms with Crippen molar-refractivity contribution in [3.63, 3.8) is 0 Å². The largest absolute Gasteiger partial charge is 0.497 e. The summed E-state index contributed by atoms with van der Waals surface area (Å²) in [6, 6.07) is 32.5. The van der Waals surface area contributed by atoms with E-state index in [4.69, 9.17) is 4.74 Å². The highest BCUT2D eigenvalue weighted by Crippen LogP contribution is 2.42. The summed E-state index contributed by atoms with van der Waals surface area (Å²) in [6.45, 7) is 3.76. The quantitative estimate of drug-likeness (QED) is 0.250. The van der Waals surface area contributed by atoms with E-state index in [1.807, 2.05) is 128 Å². The summed E-state index contributed by atoms with van der Waals surface area (Å²) < 4.78 is 7.51. The maximum Gasteiger partial charge on any atom is 0.322 e. The monoisotopic (exact) mass is 544 g/mol. The number of rotatable bonds is 6. The molecule has 7 heteroatoms. The van der Waals surface area contributed by atoms with Gasteiger partial charge < -0.3 is 19.5 Å². The highest BCUT2D eigenvalue weighted by Gasteiger charge is 2.37. The van der Waals surface area contributed by atoms with Gasteiger partial charge in [-0.05, 0) is 67.3 Å². The van der Waals surface area contributed by atoms with Crippen LogP contribution in [0.5, 0.6) is 5.75 Å². The number of nitrogens with zero attached hydrogens (tertiary/aromatic N) is 3. The molecule has 0 saturated carbocycles. The Bertz CT molecular complexity index is 1720. The van der Waals surface area contributed by atoms with E-state index in [2.05, 4.69) is 9.88 Å². The second-order valence-corrected chi connectivity index (χ2v) is 10.4. The lowest BCUT2D eigenvalue weighted by atomic mass is 9.97. The Kier molecular flexibility index (Phi) is 6.93. The lowest BCUT2D eigenvalue weighted by molar-refractivity contribution is -0.119. The third-order valence-corrected chi connectivity index (χ3v) is 7.64. The molecule has 0 radical (unpaired) electrons. The Morgan fingerprint density at radius 2 is 1.56 bits per heavy atom. The first kappa shape index (κ1) is 26.2. The molecule has 7 nitrogen and oxygen atoms in total. The van der Waals surface area contributed by atoms with Gasteiger partial charge in [0.15, 0.2) is 0 Å². The molecule has 3 amide bonds. The number of methoxy groups -OCH3 is 1. The Morgan fingerprint density at radius 3 is 2.32 bits per heavy atom. The van der Waals surface area contributed by atoms with Crippen molar-refractivity contribution in [2.75, 3.05) is 23.9 Å². The smallest absolute Gasteiger partial charge is 0.322 e. The van der Waals surface area contributed by atoms with Crippen LogP contribution in [-0.2, 0) is 4.79 Å². The Labute approximate surface area is 239 Å². The van der Waals surface area contributed by atoms with Gasteiger partial charge in [-0.25, -0.2) is 4.79 Å². The molecule has 206 valence electrons. The molecule has 1 aliphatic heterocycles. The van der Waals surface area contributed by atoms with E-state index in [9.17, 15) is 9.59 Å². The zero-order valence-corrected chi connectivity index (χ0v) is 23.3. The molecule has 1 atom stereocenters. The number of hydrogen-bond acceptors (Lipinski definition) is 3. The minimum atomic E-state index is -0.381. The van der Waals surface area contributed by atoms with E-state index in [0.717, 1.165) is 39.2 Å². The molecule has 1 N–H and O–H groups in total. The van der Waals surface area contributed by atoms with Gasteiger partial charge in [0.05, 0.1) is 29.9 Å². The summed E-state index contributed by atoms with van der Waals surface area (Å²) in [4.78, 5) is 31.4. The number of amides is 3. The van der Waals surface area contributed by atoms with Crippen LogP contribution >= 0.6 is 0 Å². The van der Waals surface area contributed by atoms with Crippen LogP contribution in [0, 0.1) is 0 Å². The summed E-state index contributed by atoms with van der Waals surface area (Å²) in [7, 11) is 1.64. The van der Waals surface area contributed by atoms with Crippen molar-refractivity contribution in [2.24, 2.45) is 0 Å². The average Bonchev–Trinajstić information content (AvgIpc) is 3.49. The molecular weight excluding hydrogens is 512 g/mol. The number of aromatic nitrogens is 1. The lowest BCUT2D eigenvalue weighted by Gasteiger charge is -2.40. The van der Waals surface area contributed by atoms with Crippen LogP contribution in [0.15, 0.2) is 109 Å². The standard InChI is InChI=1S/C34H32N4O3/c1-23(2)37(34(40)35-28-13-8-11-24-10-4-5-12-27(24)28)22-32(39)38-30-15-7-6-14-29(30)36-21-9-16-31(36)33(38)25-17-19-26(41-3)20-18-25/h4-21,23,33H,22H2,1-3H3,(H,35,40). The molecule has 0 fully saturated rings. The third kappa shape index (κ3) is 4.80. The predicted molar refractivity (Wildman–Crippen MR) is 163 cm³/mol. The summed E-state index contributed by atoms with van der Waals surface area (Å²) in [5.41, 5.74) is 4.34. The average molecular weight is 545 g/mol. The molecule has 0 spiro atoms. The van der Waals surface area contributed by atoms with E-state index in [1.54, 1.807) is 12.0 Å². The van der Waals surface area contributed by atoms with Gasteiger partial charge in [-0.15, -0.1) is 0 Å². The van der Waals surface area contributed by atoms with Gasteiger partial charge in [-0.3, -0.25) is 9.69 Å².